The number of nitrogens with one attached hydrogen (secondary N) is 1. The molecule has 0 aromatic heterocycles. The van der Waals surface area contributed by atoms with Crippen LogP contribution < -0.4 is 10.1 Å². The van der Waals surface area contributed by atoms with Gasteiger partial charge in [-0.1, -0.05) is 6.07 Å². The number of hydrogen-bond donors (Lipinski definition) is 2. The van der Waals surface area contributed by atoms with Gasteiger partial charge in [0.15, 0.2) is 6.10 Å². The van der Waals surface area contributed by atoms with E-state index in [1.807, 2.05) is 0 Å². The number of ether oxygens (including phenoxy) is 1. The highest BCUT2D eigenvalue weighted by Crippen LogP contribution is 2.20. The topological polar surface area (TPSA) is 58.6 Å². The summed E-state index contributed by atoms with van der Waals surface area (Å²) >= 11 is 0. The summed E-state index contributed by atoms with van der Waals surface area (Å²) in [5.41, 5.74) is 0. The standard InChI is InChI=1S/C13H16FNO3/c1-8(13(17)15-10-6-11(16)7-10)18-12-4-2-3-9(14)5-12/h2-5,8,10-11,16H,6-7H2,1H3,(H,15,17). The second-order valence-corrected chi connectivity index (χ2v) is 4.55. The van der Waals surface area contributed by atoms with Gasteiger partial charge < -0.3 is 15.2 Å². The van der Waals surface area contributed by atoms with Gasteiger partial charge in [0.2, 0.25) is 0 Å². The van der Waals surface area contributed by atoms with E-state index in [1.165, 1.54) is 18.2 Å². The van der Waals surface area contributed by atoms with E-state index in [2.05, 4.69) is 5.32 Å². The highest BCUT2D eigenvalue weighted by molar-refractivity contribution is 5.81. The summed E-state index contributed by atoms with van der Waals surface area (Å²) in [6, 6.07) is 5.69. The molecule has 98 valence electrons. The van der Waals surface area contributed by atoms with Crippen LogP contribution >= 0.6 is 0 Å². The molecule has 1 atom stereocenters. The lowest BCUT2D eigenvalue weighted by atomic mass is 9.89. The predicted octanol–water partition coefficient (Wildman–Crippen LogP) is 1.23. The Morgan fingerprint density at radius 3 is 2.89 bits per heavy atom. The monoisotopic (exact) mass is 253 g/mol. The number of halogens is 1. The Kier molecular flexibility index (Phi) is 3.81. The Hall–Kier alpha value is -1.62. The molecule has 18 heavy (non-hydrogen) atoms. The molecule has 1 saturated carbocycles. The Bertz CT molecular complexity index is 432. The lowest BCUT2D eigenvalue weighted by molar-refractivity contribution is -0.129. The average Bonchev–Trinajstić information content (AvgIpc) is 2.26. The molecule has 0 bridgehead atoms. The highest BCUT2D eigenvalue weighted by atomic mass is 19.1. The van der Waals surface area contributed by atoms with Crippen LogP contribution in [0.4, 0.5) is 4.39 Å². The third-order valence-corrected chi connectivity index (χ3v) is 2.94. The van der Waals surface area contributed by atoms with Crippen molar-refractivity contribution in [1.29, 1.82) is 0 Å². The molecule has 1 aliphatic carbocycles. The second kappa shape index (κ2) is 5.35. The lowest BCUT2D eigenvalue weighted by Gasteiger charge is -2.32. The van der Waals surface area contributed by atoms with Crippen molar-refractivity contribution in [3.05, 3.63) is 30.1 Å². The van der Waals surface area contributed by atoms with Crippen LogP contribution in [0.3, 0.4) is 0 Å². The van der Waals surface area contributed by atoms with E-state index in [9.17, 15) is 9.18 Å². The van der Waals surface area contributed by atoms with Gasteiger partial charge in [-0.15, -0.1) is 0 Å². The molecule has 1 aromatic rings. The number of hydrogen-bond acceptors (Lipinski definition) is 3. The van der Waals surface area contributed by atoms with E-state index in [1.54, 1.807) is 13.0 Å². The van der Waals surface area contributed by atoms with Gasteiger partial charge in [0, 0.05) is 12.1 Å². The quantitative estimate of drug-likeness (QED) is 0.848. The number of benzene rings is 1. The Morgan fingerprint density at radius 1 is 1.56 bits per heavy atom. The maximum absolute atomic E-state index is 12.9. The minimum atomic E-state index is -0.690. The summed E-state index contributed by atoms with van der Waals surface area (Å²) in [5, 5.41) is 11.9. The maximum atomic E-state index is 12.9. The molecule has 2 N–H and O–H groups in total. The molecule has 0 aliphatic heterocycles. The molecule has 0 spiro atoms. The van der Waals surface area contributed by atoms with Crippen molar-refractivity contribution < 1.29 is 19.0 Å². The summed E-state index contributed by atoms with van der Waals surface area (Å²) in [5.74, 6) is -0.329. The molecule has 1 amide bonds. The number of carbonyl (C=O) groups is 1. The van der Waals surface area contributed by atoms with Gasteiger partial charge in [0.05, 0.1) is 6.10 Å². The molecule has 4 nitrogen and oxygen atoms in total. The van der Waals surface area contributed by atoms with Gasteiger partial charge in [-0.2, -0.15) is 0 Å². The fraction of sp³-hybridized carbons (Fsp3) is 0.462. The van der Waals surface area contributed by atoms with Gasteiger partial charge in [-0.25, -0.2) is 4.39 Å². The van der Waals surface area contributed by atoms with Crippen LogP contribution in [-0.2, 0) is 4.79 Å². The van der Waals surface area contributed by atoms with Crippen LogP contribution in [0.15, 0.2) is 24.3 Å². The van der Waals surface area contributed by atoms with Crippen LogP contribution in [0.1, 0.15) is 19.8 Å². The van der Waals surface area contributed by atoms with Gasteiger partial charge in [-0.3, -0.25) is 4.79 Å². The number of aliphatic hydroxyl groups is 1. The molecule has 1 aliphatic rings. The minimum absolute atomic E-state index is 0.0195. The number of carbonyl (C=O) groups excluding carboxylic acids is 1. The van der Waals surface area contributed by atoms with Gasteiger partial charge >= 0.3 is 0 Å². The highest BCUT2D eigenvalue weighted by Gasteiger charge is 2.30. The fourth-order valence-electron chi connectivity index (χ4n) is 1.82. The maximum Gasteiger partial charge on any atom is 0.260 e. The van der Waals surface area contributed by atoms with Gasteiger partial charge in [-0.05, 0) is 31.9 Å². The molecule has 0 heterocycles. The molecule has 2 rings (SSSR count). The summed E-state index contributed by atoms with van der Waals surface area (Å²) < 4.78 is 18.3. The van der Waals surface area contributed by atoms with E-state index < -0.39 is 11.9 Å². The van der Waals surface area contributed by atoms with Crippen molar-refractivity contribution >= 4 is 5.91 Å². The summed E-state index contributed by atoms with van der Waals surface area (Å²) in [7, 11) is 0. The van der Waals surface area contributed by atoms with Crippen molar-refractivity contribution in [3.8, 4) is 5.75 Å². The van der Waals surface area contributed by atoms with Crippen LogP contribution in [0, 0.1) is 5.82 Å². The molecule has 0 radical (unpaired) electrons. The fourth-order valence-corrected chi connectivity index (χ4v) is 1.82. The van der Waals surface area contributed by atoms with Crippen molar-refractivity contribution in [2.45, 2.75) is 38.0 Å². The van der Waals surface area contributed by atoms with Crippen molar-refractivity contribution in [2.24, 2.45) is 0 Å². The number of rotatable bonds is 4. The second-order valence-electron chi connectivity index (χ2n) is 4.55. The first-order valence-corrected chi connectivity index (χ1v) is 5.95. The van der Waals surface area contributed by atoms with E-state index in [0.717, 1.165) is 0 Å². The Balaban J connectivity index is 1.83. The van der Waals surface area contributed by atoms with E-state index in [-0.39, 0.29) is 18.1 Å². The zero-order chi connectivity index (χ0) is 13.1. The van der Waals surface area contributed by atoms with Crippen molar-refractivity contribution in [3.63, 3.8) is 0 Å². The first-order chi connectivity index (χ1) is 8.54. The normalized spacial score (nSPS) is 23.9. The Labute approximate surface area is 105 Å². The van der Waals surface area contributed by atoms with Gasteiger partial charge in [0.25, 0.3) is 5.91 Å². The van der Waals surface area contributed by atoms with E-state index >= 15 is 0 Å². The Morgan fingerprint density at radius 2 is 2.28 bits per heavy atom. The SMILES string of the molecule is CC(Oc1cccc(F)c1)C(=O)NC1CC(O)C1. The molecule has 1 aromatic carbocycles. The number of amides is 1. The summed E-state index contributed by atoms with van der Waals surface area (Å²) in [6.07, 6.45) is 0.163. The molecular weight excluding hydrogens is 237 g/mol. The lowest BCUT2D eigenvalue weighted by Crippen LogP contribution is -2.50. The average molecular weight is 253 g/mol. The largest absolute Gasteiger partial charge is 0.481 e. The zero-order valence-electron chi connectivity index (χ0n) is 10.1. The van der Waals surface area contributed by atoms with E-state index in [0.29, 0.717) is 18.6 Å². The molecular formula is C13H16FNO3. The molecule has 1 fully saturated rings. The van der Waals surface area contributed by atoms with Crippen LogP contribution in [0.5, 0.6) is 5.75 Å². The third-order valence-electron chi connectivity index (χ3n) is 2.94. The van der Waals surface area contributed by atoms with E-state index in [4.69, 9.17) is 9.84 Å². The van der Waals surface area contributed by atoms with Crippen LogP contribution in [-0.4, -0.2) is 29.3 Å². The van der Waals surface area contributed by atoms with Gasteiger partial charge in [0.1, 0.15) is 11.6 Å². The first kappa shape index (κ1) is 12.8. The smallest absolute Gasteiger partial charge is 0.260 e. The minimum Gasteiger partial charge on any atom is -0.481 e. The molecule has 1 unspecified atom stereocenters. The van der Waals surface area contributed by atoms with Crippen LogP contribution in [0.2, 0.25) is 0 Å². The van der Waals surface area contributed by atoms with Crippen LogP contribution in [0.25, 0.3) is 0 Å². The zero-order valence-corrected chi connectivity index (χ0v) is 10.1. The molecule has 0 saturated heterocycles. The summed E-state index contributed by atoms with van der Waals surface area (Å²) in [4.78, 5) is 11.7. The van der Waals surface area contributed by atoms with Crippen molar-refractivity contribution in [2.75, 3.05) is 0 Å². The molecule has 5 heteroatoms. The first-order valence-electron chi connectivity index (χ1n) is 5.95. The van der Waals surface area contributed by atoms with Crippen molar-refractivity contribution in [1.82, 2.24) is 5.32 Å². The number of aliphatic hydroxyl groups excluding tert-OH is 1. The summed E-state index contributed by atoms with van der Waals surface area (Å²) in [6.45, 7) is 1.61. The third kappa shape index (κ3) is 3.20. The predicted molar refractivity (Wildman–Crippen MR) is 63.7 cm³/mol.